The first kappa shape index (κ1) is 12.2. The van der Waals surface area contributed by atoms with Crippen molar-refractivity contribution >= 4 is 44.3 Å². The highest BCUT2D eigenvalue weighted by Gasteiger charge is 2.38. The van der Waals surface area contributed by atoms with E-state index in [1.54, 1.807) is 12.1 Å². The van der Waals surface area contributed by atoms with Crippen molar-refractivity contribution in [3.8, 4) is 0 Å². The van der Waals surface area contributed by atoms with Crippen LogP contribution in [0.15, 0.2) is 28.9 Å². The van der Waals surface area contributed by atoms with Crippen LogP contribution in [-0.2, 0) is 16.0 Å². The van der Waals surface area contributed by atoms with E-state index in [4.69, 9.17) is 27.7 Å². The highest BCUT2D eigenvalue weighted by atomic mass is 79.9. The molecular formula is C22H25BrF3N3O3. The lowest BCUT2D eigenvalue weighted by Gasteiger charge is -2.40. The molecule has 2 N–H and O–H groups in total. The van der Waals surface area contributed by atoms with Crippen molar-refractivity contribution in [2.24, 2.45) is 5.92 Å². The summed E-state index contributed by atoms with van der Waals surface area (Å²) in [7, 11) is 0. The summed E-state index contributed by atoms with van der Waals surface area (Å²) in [6, 6.07) is 4.55. The van der Waals surface area contributed by atoms with Crippen molar-refractivity contribution in [1.82, 2.24) is 14.8 Å². The fraction of sp³-hybridized carbons (Fsp3) is 0.455. The smallest absolute Gasteiger partial charge is 0.475 e. The molecule has 4 rings (SSSR count). The van der Waals surface area contributed by atoms with E-state index in [2.05, 4.69) is 20.9 Å². The average molecular weight is 529 g/mol. The van der Waals surface area contributed by atoms with Crippen molar-refractivity contribution in [3.63, 3.8) is 0 Å². The quantitative estimate of drug-likeness (QED) is 0.622. The van der Waals surface area contributed by atoms with E-state index in [0.717, 1.165) is 21.4 Å². The summed E-state index contributed by atoms with van der Waals surface area (Å²) in [5, 5.41) is 7.91. The summed E-state index contributed by atoms with van der Waals surface area (Å²) in [6.07, 6.45) is -3.45. The molecule has 0 unspecified atom stereocenters. The third-order valence-electron chi connectivity index (χ3n) is 5.10. The highest BCUT2D eigenvalue weighted by molar-refractivity contribution is 9.10. The predicted molar refractivity (Wildman–Crippen MR) is 119 cm³/mol. The van der Waals surface area contributed by atoms with Gasteiger partial charge in [0.25, 0.3) is 0 Å². The van der Waals surface area contributed by atoms with E-state index in [9.17, 15) is 18.0 Å². The van der Waals surface area contributed by atoms with Gasteiger partial charge in [0.15, 0.2) is 0 Å². The number of likely N-dealkylation sites (N-methyl/N-ethyl adjacent to an activating group) is 1. The summed E-state index contributed by atoms with van der Waals surface area (Å²) in [5.41, 5.74) is 2.60. The largest absolute Gasteiger partial charge is 0.490 e. The average Bonchev–Trinajstić information content (AvgIpc) is 3.17. The van der Waals surface area contributed by atoms with Crippen LogP contribution in [-0.4, -0.2) is 70.5 Å². The molecular weight excluding hydrogens is 491 g/mol. The number of nitrogens with one attached hydrogen (secondary N) is 1. The number of hydrogen-bond donors (Lipinski definition) is 2. The number of hydrogen-bond acceptors (Lipinski definition) is 3. The van der Waals surface area contributed by atoms with Gasteiger partial charge in [-0.05, 0) is 65.8 Å². The molecule has 32 heavy (non-hydrogen) atoms. The van der Waals surface area contributed by atoms with Gasteiger partial charge in [0.05, 0.1) is 10.5 Å². The van der Waals surface area contributed by atoms with Crippen LogP contribution in [0.5, 0.6) is 0 Å². The van der Waals surface area contributed by atoms with Gasteiger partial charge in [-0.25, -0.2) is 4.79 Å². The van der Waals surface area contributed by atoms with E-state index in [1.807, 2.05) is 6.07 Å². The van der Waals surface area contributed by atoms with Crippen molar-refractivity contribution in [2.75, 3.05) is 26.5 Å². The third kappa shape index (κ3) is 4.56. The van der Waals surface area contributed by atoms with Gasteiger partial charge in [-0.2, -0.15) is 13.2 Å². The van der Waals surface area contributed by atoms with Crippen molar-refractivity contribution in [1.29, 1.82) is 0 Å². The van der Waals surface area contributed by atoms with E-state index < -0.39 is 70.2 Å². The molecule has 174 valence electrons. The second kappa shape index (κ2) is 9.27. The first-order chi connectivity index (χ1) is 20.0. The zero-order valence-corrected chi connectivity index (χ0v) is 17.6. The SMILES string of the molecule is O=C(O)C(F)(F)F.[2H]C([2H])([2H])N1C[C@H](C(=O)N(C([2H])([2H])C([2H])([2H])[2H])C([2H])([2H])C([2H])([2H])[2H])C=C2c3cccc4[nH]c(Br)c(c34)C[C@H]21. The standard InChI is InChI=1S/C20H24BrN3O.C2HF3O2/c1-4-24(5-2)20(25)12-9-14-13-7-6-8-16-18(13)15(19(21)22-16)10-17(14)23(3)11-12;3-2(4,5)1(6)7/h6-9,12,17,22H,4-5,10-11H2,1-3H3;(H,6,7)/t12-,17-;/m1./s1/i1D3,2D3,3D3,4D2,5D2;. The molecule has 0 bridgehead atoms. The van der Waals surface area contributed by atoms with Crippen LogP contribution in [0, 0.1) is 5.92 Å². The number of aromatic nitrogens is 1. The second-order valence-corrected chi connectivity index (χ2v) is 7.74. The summed E-state index contributed by atoms with van der Waals surface area (Å²) >= 11 is 3.47. The van der Waals surface area contributed by atoms with E-state index in [-0.39, 0.29) is 11.3 Å². The maximum atomic E-state index is 13.8. The highest BCUT2D eigenvalue weighted by Crippen LogP contribution is 2.43. The zero-order chi connectivity index (χ0) is 34.9. The van der Waals surface area contributed by atoms with Crippen LogP contribution in [0.2, 0.25) is 0 Å². The number of carboxylic acid groups (broad SMARTS) is 1. The third-order valence-corrected chi connectivity index (χ3v) is 5.77. The molecule has 2 aliphatic rings. The molecule has 0 radical (unpaired) electrons. The fourth-order valence-electron chi connectivity index (χ4n) is 3.74. The Morgan fingerprint density at radius 3 is 2.66 bits per heavy atom. The number of carbonyl (C=O) groups is 2. The molecule has 1 aromatic heterocycles. The number of carbonyl (C=O) groups excluding carboxylic acids is 1. The molecule has 2 aromatic rings. The van der Waals surface area contributed by atoms with Crippen LogP contribution >= 0.6 is 15.9 Å². The van der Waals surface area contributed by atoms with Gasteiger partial charge in [0.2, 0.25) is 5.91 Å². The topological polar surface area (TPSA) is 76.6 Å². The molecule has 1 aromatic carbocycles. The Kier molecular flexibility index (Phi) is 3.54. The molecule has 0 spiro atoms. The Morgan fingerprint density at radius 1 is 1.38 bits per heavy atom. The van der Waals surface area contributed by atoms with Crippen LogP contribution < -0.4 is 0 Å². The van der Waals surface area contributed by atoms with Crippen LogP contribution in [0.1, 0.15) is 42.7 Å². The zero-order valence-electron chi connectivity index (χ0n) is 29.0. The maximum absolute atomic E-state index is 13.8. The van der Waals surface area contributed by atoms with Crippen LogP contribution in [0.4, 0.5) is 13.2 Å². The minimum Gasteiger partial charge on any atom is -0.475 e. The number of carboxylic acids is 1. The van der Waals surface area contributed by atoms with Crippen LogP contribution in [0.3, 0.4) is 0 Å². The Hall–Kier alpha value is -2.33. The molecule has 2 atom stereocenters. The van der Waals surface area contributed by atoms with Crippen LogP contribution in [0.25, 0.3) is 16.5 Å². The van der Waals surface area contributed by atoms with Gasteiger partial charge in [0.1, 0.15) is 0 Å². The van der Waals surface area contributed by atoms with Gasteiger partial charge in [-0.3, -0.25) is 9.69 Å². The molecule has 10 heteroatoms. The van der Waals surface area contributed by atoms with Gasteiger partial charge in [0, 0.05) is 54.3 Å². The van der Waals surface area contributed by atoms with Crippen molar-refractivity contribution < 1.29 is 45.7 Å². The Morgan fingerprint density at radius 2 is 2.06 bits per heavy atom. The molecule has 2 heterocycles. The van der Waals surface area contributed by atoms with E-state index in [0.29, 0.717) is 15.7 Å². The molecule has 0 fully saturated rings. The molecule has 0 saturated heterocycles. The number of benzene rings is 1. The Bertz CT molecular complexity index is 1490. The molecule has 0 saturated carbocycles. The van der Waals surface area contributed by atoms with E-state index >= 15 is 0 Å². The van der Waals surface area contributed by atoms with Crippen molar-refractivity contribution in [3.05, 3.63) is 40.0 Å². The lowest BCUT2D eigenvalue weighted by Crippen LogP contribution is -2.47. The number of H-pyrrole nitrogens is 1. The van der Waals surface area contributed by atoms with Crippen molar-refractivity contribution in [2.45, 2.75) is 32.3 Å². The van der Waals surface area contributed by atoms with Gasteiger partial charge in [-0.1, -0.05) is 18.2 Å². The normalized spacial score (nSPS) is 28.2. The number of nitrogens with zero attached hydrogens (tertiary/aromatic N) is 2. The fourth-order valence-corrected chi connectivity index (χ4v) is 4.31. The minimum absolute atomic E-state index is 0.249. The maximum Gasteiger partial charge on any atom is 0.490 e. The lowest BCUT2D eigenvalue weighted by atomic mass is 9.79. The van der Waals surface area contributed by atoms with Gasteiger partial charge in [-0.15, -0.1) is 0 Å². The molecule has 1 aliphatic carbocycles. The molecule has 1 aliphatic heterocycles. The Balaban J connectivity index is 0.000000707. The second-order valence-electron chi connectivity index (χ2n) is 6.95. The number of aromatic amines is 1. The monoisotopic (exact) mass is 528 g/mol. The number of amides is 1. The number of alkyl halides is 3. The number of rotatable bonds is 3. The number of fused-ring (bicyclic) bond motifs is 2. The van der Waals surface area contributed by atoms with E-state index in [1.165, 1.54) is 6.08 Å². The number of aliphatic carboxylic acids is 1. The minimum atomic E-state index is -5.08. The lowest BCUT2D eigenvalue weighted by molar-refractivity contribution is -0.192. The first-order valence-corrected chi connectivity index (χ1v) is 9.76. The first-order valence-electron chi connectivity index (χ1n) is 15.5. The summed E-state index contributed by atoms with van der Waals surface area (Å²) < 4.78 is 135. The summed E-state index contributed by atoms with van der Waals surface area (Å²) in [6.45, 7) is -18.0. The van der Waals surface area contributed by atoms with Gasteiger partial charge < -0.3 is 15.0 Å². The van der Waals surface area contributed by atoms with Gasteiger partial charge >= 0.3 is 12.1 Å². The predicted octanol–water partition coefficient (Wildman–Crippen LogP) is 4.30. The summed E-state index contributed by atoms with van der Waals surface area (Å²) in [5.74, 6) is -5.80. The summed E-state index contributed by atoms with van der Waals surface area (Å²) in [4.78, 5) is 26.5. The number of halogens is 4. The Labute approximate surface area is 210 Å². The molecule has 6 nitrogen and oxygen atoms in total. The molecule has 1 amide bonds.